The van der Waals surface area contributed by atoms with Gasteiger partial charge < -0.3 is 16.0 Å². The van der Waals surface area contributed by atoms with Gasteiger partial charge in [0, 0.05) is 6.26 Å². The van der Waals surface area contributed by atoms with Crippen LogP contribution in [0.4, 0.5) is 0 Å². The summed E-state index contributed by atoms with van der Waals surface area (Å²) >= 11 is 0. The Morgan fingerprint density at radius 2 is 2.17 bits per heavy atom. The van der Waals surface area contributed by atoms with E-state index in [9.17, 15) is 13.6 Å². The lowest BCUT2D eigenvalue weighted by Gasteiger charge is -2.37. The summed E-state index contributed by atoms with van der Waals surface area (Å²) in [5, 5.41) is 10.0. The molecule has 0 saturated carbocycles. The van der Waals surface area contributed by atoms with Gasteiger partial charge in [0.15, 0.2) is 0 Å². The Bertz CT molecular complexity index is 242. The van der Waals surface area contributed by atoms with Crippen molar-refractivity contribution in [2.45, 2.75) is 24.3 Å². The molecule has 3 atom stereocenters. The van der Waals surface area contributed by atoms with Gasteiger partial charge in [0.25, 0.3) is 0 Å². The zero-order chi connectivity index (χ0) is 9.35. The molecule has 1 rings (SSSR count). The van der Waals surface area contributed by atoms with Gasteiger partial charge >= 0.3 is 0 Å². The fourth-order valence-corrected chi connectivity index (χ4v) is 2.97. The van der Waals surface area contributed by atoms with Gasteiger partial charge in [-0.2, -0.15) is 0 Å². The smallest absolute Gasteiger partial charge is 0.203 e. The quantitative estimate of drug-likeness (QED) is 0.466. The average molecular weight is 194 g/mol. The summed E-state index contributed by atoms with van der Waals surface area (Å²) < 4.78 is 22.2. The number of quaternary nitrogens is 1. The summed E-state index contributed by atoms with van der Waals surface area (Å²) in [6.07, 6.45) is 2.41. The van der Waals surface area contributed by atoms with Crippen molar-refractivity contribution in [1.29, 1.82) is 0 Å². The van der Waals surface area contributed by atoms with Crippen LogP contribution in [0.15, 0.2) is 0 Å². The van der Waals surface area contributed by atoms with E-state index in [1.54, 1.807) is 0 Å². The Morgan fingerprint density at radius 3 is 2.50 bits per heavy atom. The predicted octanol–water partition coefficient (Wildman–Crippen LogP) is -2.14. The molecule has 0 aliphatic carbocycles. The number of hydrogen-bond donors (Lipinski definition) is 2. The molecule has 0 radical (unpaired) electrons. The van der Waals surface area contributed by atoms with Gasteiger partial charge in [0.2, 0.25) is 15.2 Å². The molecular formula is C6H14N2O3S. The second-order valence-electron chi connectivity index (χ2n) is 3.27. The molecule has 0 aromatic rings. The van der Waals surface area contributed by atoms with Crippen LogP contribution in [0, 0.1) is 5.21 Å². The van der Waals surface area contributed by atoms with E-state index in [4.69, 9.17) is 5.73 Å². The van der Waals surface area contributed by atoms with Crippen molar-refractivity contribution in [3.8, 4) is 0 Å². The van der Waals surface area contributed by atoms with E-state index in [0.717, 1.165) is 6.26 Å². The monoisotopic (exact) mass is 194 g/mol. The SMILES string of the molecule is CS(=O)(=O)C1C(N)CCC[NH+]1[O-]. The zero-order valence-electron chi connectivity index (χ0n) is 6.99. The van der Waals surface area contributed by atoms with E-state index in [0.29, 0.717) is 19.4 Å². The van der Waals surface area contributed by atoms with Crippen LogP contribution in [-0.4, -0.2) is 32.6 Å². The fourth-order valence-electron chi connectivity index (χ4n) is 1.60. The third-order valence-electron chi connectivity index (χ3n) is 2.13. The van der Waals surface area contributed by atoms with Crippen molar-refractivity contribution in [3.05, 3.63) is 5.21 Å². The van der Waals surface area contributed by atoms with E-state index in [1.807, 2.05) is 0 Å². The maximum Gasteiger partial charge on any atom is 0.203 e. The van der Waals surface area contributed by atoms with Crippen molar-refractivity contribution in [2.75, 3.05) is 12.8 Å². The van der Waals surface area contributed by atoms with E-state index in [-0.39, 0.29) is 5.06 Å². The number of piperidine rings is 1. The van der Waals surface area contributed by atoms with Crippen molar-refractivity contribution >= 4 is 9.84 Å². The highest BCUT2D eigenvalue weighted by Gasteiger charge is 2.36. The molecular weight excluding hydrogens is 180 g/mol. The normalized spacial score (nSPS) is 38.1. The molecule has 6 heteroatoms. The molecule has 1 aliphatic rings. The molecule has 12 heavy (non-hydrogen) atoms. The van der Waals surface area contributed by atoms with E-state index in [1.165, 1.54) is 0 Å². The molecule has 1 saturated heterocycles. The lowest BCUT2D eigenvalue weighted by atomic mass is 10.1. The van der Waals surface area contributed by atoms with E-state index in [2.05, 4.69) is 0 Å². The van der Waals surface area contributed by atoms with Crippen LogP contribution in [-0.2, 0) is 9.84 Å². The van der Waals surface area contributed by atoms with Crippen LogP contribution in [0.25, 0.3) is 0 Å². The summed E-state index contributed by atoms with van der Waals surface area (Å²) in [5.74, 6) is 0. The number of hydrogen-bond acceptors (Lipinski definition) is 4. The number of nitrogens with one attached hydrogen (secondary N) is 1. The second kappa shape index (κ2) is 3.29. The first-order valence-electron chi connectivity index (χ1n) is 3.90. The first-order valence-corrected chi connectivity index (χ1v) is 5.85. The second-order valence-corrected chi connectivity index (χ2v) is 5.44. The minimum absolute atomic E-state index is 0.226. The summed E-state index contributed by atoms with van der Waals surface area (Å²) in [7, 11) is -3.30. The standard InChI is InChI=1S/C6H14N2O3S/c1-12(10,11)6-5(7)3-2-4-8(6)9/h5-6,8H,2-4,7H2,1H3. The van der Waals surface area contributed by atoms with Gasteiger partial charge in [0.05, 0.1) is 12.6 Å². The van der Waals surface area contributed by atoms with Crippen molar-refractivity contribution in [2.24, 2.45) is 5.73 Å². The third-order valence-corrected chi connectivity index (χ3v) is 3.66. The highest BCUT2D eigenvalue weighted by Crippen LogP contribution is 2.06. The first-order chi connectivity index (χ1) is 5.43. The zero-order valence-corrected chi connectivity index (χ0v) is 7.80. The minimum Gasteiger partial charge on any atom is -0.633 e. The molecule has 1 fully saturated rings. The van der Waals surface area contributed by atoms with Gasteiger partial charge in [0.1, 0.15) is 0 Å². The van der Waals surface area contributed by atoms with Gasteiger partial charge in [-0.1, -0.05) is 0 Å². The van der Waals surface area contributed by atoms with Crippen molar-refractivity contribution in [3.63, 3.8) is 0 Å². The van der Waals surface area contributed by atoms with Crippen molar-refractivity contribution < 1.29 is 13.5 Å². The maximum absolute atomic E-state index is 11.2. The molecule has 0 aromatic carbocycles. The highest BCUT2D eigenvalue weighted by atomic mass is 32.2. The number of rotatable bonds is 1. The molecule has 72 valence electrons. The Kier molecular flexibility index (Phi) is 2.72. The summed E-state index contributed by atoms with van der Waals surface area (Å²) in [4.78, 5) is 0. The summed E-state index contributed by atoms with van der Waals surface area (Å²) in [5.41, 5.74) is 5.56. The van der Waals surface area contributed by atoms with Gasteiger partial charge in [-0.15, -0.1) is 0 Å². The predicted molar refractivity (Wildman–Crippen MR) is 45.0 cm³/mol. The molecule has 0 bridgehead atoms. The van der Waals surface area contributed by atoms with E-state index < -0.39 is 21.3 Å². The number of hydroxylamine groups is 2. The number of sulfone groups is 1. The lowest BCUT2D eigenvalue weighted by molar-refractivity contribution is -0.866. The minimum atomic E-state index is -3.30. The van der Waals surface area contributed by atoms with Crippen molar-refractivity contribution in [1.82, 2.24) is 0 Å². The Morgan fingerprint density at radius 1 is 1.58 bits per heavy atom. The van der Waals surface area contributed by atoms with Crippen LogP contribution < -0.4 is 10.8 Å². The van der Waals surface area contributed by atoms with Crippen LogP contribution in [0.1, 0.15) is 12.8 Å². The van der Waals surface area contributed by atoms with Crippen LogP contribution >= 0.6 is 0 Å². The topological polar surface area (TPSA) is 87.7 Å². The Hall–Kier alpha value is -0.170. The molecule has 0 aromatic heterocycles. The van der Waals surface area contributed by atoms with Gasteiger partial charge in [-0.05, 0) is 12.8 Å². The molecule has 0 spiro atoms. The van der Waals surface area contributed by atoms with Gasteiger partial charge in [-0.3, -0.25) is 0 Å². The third kappa shape index (κ3) is 1.95. The molecule has 3 N–H and O–H groups in total. The average Bonchev–Trinajstić information content (AvgIpc) is 1.82. The fraction of sp³-hybridized carbons (Fsp3) is 1.00. The molecule has 1 heterocycles. The van der Waals surface area contributed by atoms with Gasteiger partial charge in [-0.25, -0.2) is 8.42 Å². The first kappa shape index (κ1) is 9.91. The molecule has 3 unspecified atom stereocenters. The molecule has 1 aliphatic heterocycles. The molecule has 5 nitrogen and oxygen atoms in total. The Labute approximate surface area is 72.0 Å². The lowest BCUT2D eigenvalue weighted by Crippen LogP contribution is -3.15. The van der Waals surface area contributed by atoms with Crippen LogP contribution in [0.5, 0.6) is 0 Å². The highest BCUT2D eigenvalue weighted by molar-refractivity contribution is 7.91. The largest absolute Gasteiger partial charge is 0.633 e. The van der Waals surface area contributed by atoms with Crippen LogP contribution in [0.3, 0.4) is 0 Å². The Balaban J connectivity index is 2.84. The summed E-state index contributed by atoms with van der Waals surface area (Å²) in [6, 6.07) is -0.499. The maximum atomic E-state index is 11.2. The van der Waals surface area contributed by atoms with E-state index >= 15 is 0 Å². The van der Waals surface area contributed by atoms with Crippen LogP contribution in [0.2, 0.25) is 0 Å². The number of nitrogens with two attached hydrogens (primary N) is 1. The molecule has 0 amide bonds. The summed E-state index contributed by atoms with van der Waals surface area (Å²) in [6.45, 7) is 0.353.